The average molecular weight is 421 g/mol. The number of fused-ring (bicyclic) bond motifs is 1. The van der Waals surface area contributed by atoms with Crippen molar-refractivity contribution in [1.82, 2.24) is 4.98 Å². The molecule has 0 aliphatic heterocycles. The lowest BCUT2D eigenvalue weighted by atomic mass is 9.79. The van der Waals surface area contributed by atoms with Crippen molar-refractivity contribution < 1.29 is 19.0 Å². The summed E-state index contributed by atoms with van der Waals surface area (Å²) in [6.45, 7) is 10.0. The van der Waals surface area contributed by atoms with E-state index in [0.717, 1.165) is 22.2 Å². The number of nitrogens with zero attached hydrogens (tertiary/aromatic N) is 1. The van der Waals surface area contributed by atoms with Crippen LogP contribution >= 0.6 is 0 Å². The molecule has 0 unspecified atom stereocenters. The van der Waals surface area contributed by atoms with Crippen molar-refractivity contribution in [2.45, 2.75) is 46.1 Å². The van der Waals surface area contributed by atoms with Gasteiger partial charge in [0.25, 0.3) is 0 Å². The molecule has 31 heavy (non-hydrogen) atoms. The van der Waals surface area contributed by atoms with Crippen LogP contribution in [0.1, 0.15) is 61.8 Å². The Morgan fingerprint density at radius 1 is 1.16 bits per heavy atom. The summed E-state index contributed by atoms with van der Waals surface area (Å²) in [5, 5.41) is 10.00. The molecule has 1 aromatic heterocycles. The highest BCUT2D eigenvalue weighted by atomic mass is 16.5. The summed E-state index contributed by atoms with van der Waals surface area (Å²) in [6.07, 6.45) is 0.0196. The molecule has 162 valence electrons. The fourth-order valence-electron chi connectivity index (χ4n) is 3.70. The first-order valence-electron chi connectivity index (χ1n) is 10.3. The first kappa shape index (κ1) is 22.2. The second-order valence-corrected chi connectivity index (χ2v) is 8.12. The molecule has 0 aliphatic carbocycles. The quantitative estimate of drug-likeness (QED) is 0.522. The number of hydrogen-bond donors (Lipinski definition) is 1. The second kappa shape index (κ2) is 8.73. The van der Waals surface area contributed by atoms with Gasteiger partial charge in [0.2, 0.25) is 0 Å². The zero-order chi connectivity index (χ0) is 22.8. The molecular formula is C25H28N2O4. The van der Waals surface area contributed by atoms with Crippen molar-refractivity contribution in [3.8, 4) is 17.6 Å². The lowest BCUT2D eigenvalue weighted by molar-refractivity contribution is 0.0526. The zero-order valence-corrected chi connectivity index (χ0v) is 18.8. The summed E-state index contributed by atoms with van der Waals surface area (Å²) in [6, 6.07) is 13.2. The highest BCUT2D eigenvalue weighted by Gasteiger charge is 2.33. The van der Waals surface area contributed by atoms with Crippen molar-refractivity contribution >= 4 is 16.9 Å². The number of hydrogen-bond acceptors (Lipinski definition) is 5. The Morgan fingerprint density at radius 3 is 2.52 bits per heavy atom. The minimum Gasteiger partial charge on any atom is -0.493 e. The Balaban J connectivity index is 2.20. The standard InChI is InChI=1S/C25H28N2O4/c1-7-30-24(28)22-18-10-8-16(14-26)12-19(18)27-23(22)25(4,5)17-9-11-20(31-15(2)3)21(13-17)29-6/h8-13,15,27H,7H2,1-6H3. The second-order valence-electron chi connectivity index (χ2n) is 8.12. The normalized spacial score (nSPS) is 11.4. The third-order valence-corrected chi connectivity index (χ3v) is 5.28. The molecule has 3 rings (SSSR count). The summed E-state index contributed by atoms with van der Waals surface area (Å²) in [5.41, 5.74) is 2.79. The predicted molar refractivity (Wildman–Crippen MR) is 120 cm³/mol. The molecule has 0 amide bonds. The number of nitriles is 1. The van der Waals surface area contributed by atoms with Crippen LogP contribution in [0.2, 0.25) is 0 Å². The Labute approximate surface area is 182 Å². The van der Waals surface area contributed by atoms with E-state index >= 15 is 0 Å². The molecule has 6 heteroatoms. The SMILES string of the molecule is CCOC(=O)c1c(C(C)(C)c2ccc(OC(C)C)c(OC)c2)[nH]c2cc(C#N)ccc12. The van der Waals surface area contributed by atoms with Gasteiger partial charge in [-0.2, -0.15) is 5.26 Å². The van der Waals surface area contributed by atoms with E-state index in [-0.39, 0.29) is 12.7 Å². The summed E-state index contributed by atoms with van der Waals surface area (Å²) in [5.74, 6) is 0.895. The smallest absolute Gasteiger partial charge is 0.340 e. The molecule has 0 saturated heterocycles. The number of H-pyrrole nitrogens is 1. The van der Waals surface area contributed by atoms with Gasteiger partial charge in [0.05, 0.1) is 37.0 Å². The molecule has 0 spiro atoms. The van der Waals surface area contributed by atoms with E-state index < -0.39 is 11.4 Å². The topological polar surface area (TPSA) is 84.3 Å². The molecule has 0 bridgehead atoms. The fraction of sp³-hybridized carbons (Fsp3) is 0.360. The maximum atomic E-state index is 12.9. The van der Waals surface area contributed by atoms with Crippen LogP contribution in [0, 0.1) is 11.3 Å². The number of aromatic amines is 1. The van der Waals surface area contributed by atoms with Crippen LogP contribution in [-0.4, -0.2) is 30.8 Å². The summed E-state index contributed by atoms with van der Waals surface area (Å²) >= 11 is 0. The number of carbonyl (C=O) groups is 1. The van der Waals surface area contributed by atoms with E-state index in [4.69, 9.17) is 14.2 Å². The number of ether oxygens (including phenoxy) is 3. The first-order chi connectivity index (χ1) is 14.7. The summed E-state index contributed by atoms with van der Waals surface area (Å²) < 4.78 is 16.8. The molecule has 0 aliphatic rings. The highest BCUT2D eigenvalue weighted by molar-refractivity contribution is 6.06. The van der Waals surface area contributed by atoms with Crippen molar-refractivity contribution in [3.05, 3.63) is 58.8 Å². The van der Waals surface area contributed by atoms with Gasteiger partial charge in [-0.15, -0.1) is 0 Å². The maximum absolute atomic E-state index is 12.9. The number of esters is 1. The minimum atomic E-state index is -0.586. The molecule has 1 N–H and O–H groups in total. The van der Waals surface area contributed by atoms with Crippen LogP contribution in [0.15, 0.2) is 36.4 Å². The minimum absolute atomic E-state index is 0.0196. The van der Waals surface area contributed by atoms with Gasteiger partial charge in [-0.05, 0) is 50.6 Å². The molecular weight excluding hydrogens is 392 g/mol. The van der Waals surface area contributed by atoms with Crippen molar-refractivity contribution in [1.29, 1.82) is 5.26 Å². The van der Waals surface area contributed by atoms with E-state index in [1.165, 1.54) is 0 Å². The van der Waals surface area contributed by atoms with Gasteiger partial charge in [0.1, 0.15) is 0 Å². The Hall–Kier alpha value is -3.46. The summed E-state index contributed by atoms with van der Waals surface area (Å²) in [4.78, 5) is 16.3. The monoisotopic (exact) mass is 420 g/mol. The number of aromatic nitrogens is 1. The van der Waals surface area contributed by atoms with Crippen LogP contribution in [0.3, 0.4) is 0 Å². The van der Waals surface area contributed by atoms with Crippen LogP contribution < -0.4 is 9.47 Å². The van der Waals surface area contributed by atoms with E-state index in [9.17, 15) is 10.1 Å². The molecule has 2 aromatic carbocycles. The maximum Gasteiger partial charge on any atom is 0.340 e. The molecule has 0 radical (unpaired) electrons. The molecule has 6 nitrogen and oxygen atoms in total. The average Bonchev–Trinajstić information content (AvgIpc) is 3.13. The highest BCUT2D eigenvalue weighted by Crippen LogP contribution is 2.40. The van der Waals surface area contributed by atoms with Gasteiger partial charge < -0.3 is 19.2 Å². The third-order valence-electron chi connectivity index (χ3n) is 5.28. The first-order valence-corrected chi connectivity index (χ1v) is 10.3. The molecule has 0 atom stereocenters. The predicted octanol–water partition coefficient (Wildman–Crippen LogP) is 5.34. The van der Waals surface area contributed by atoms with Gasteiger partial charge in [-0.1, -0.05) is 26.0 Å². The third kappa shape index (κ3) is 4.22. The van der Waals surface area contributed by atoms with Crippen molar-refractivity contribution in [3.63, 3.8) is 0 Å². The largest absolute Gasteiger partial charge is 0.493 e. The zero-order valence-electron chi connectivity index (χ0n) is 18.8. The molecule has 3 aromatic rings. The van der Waals surface area contributed by atoms with Gasteiger partial charge in [0, 0.05) is 22.0 Å². The van der Waals surface area contributed by atoms with Gasteiger partial charge in [-0.25, -0.2) is 4.79 Å². The lowest BCUT2D eigenvalue weighted by Gasteiger charge is -2.27. The van der Waals surface area contributed by atoms with Crippen molar-refractivity contribution in [2.24, 2.45) is 0 Å². The fourth-order valence-corrected chi connectivity index (χ4v) is 3.70. The summed E-state index contributed by atoms with van der Waals surface area (Å²) in [7, 11) is 1.61. The Kier molecular flexibility index (Phi) is 6.26. The number of carbonyl (C=O) groups excluding carboxylic acids is 1. The Morgan fingerprint density at radius 2 is 1.90 bits per heavy atom. The van der Waals surface area contributed by atoms with Crippen molar-refractivity contribution in [2.75, 3.05) is 13.7 Å². The Bertz CT molecular complexity index is 1150. The van der Waals surface area contributed by atoms with Gasteiger partial charge >= 0.3 is 5.97 Å². The van der Waals surface area contributed by atoms with E-state index in [0.29, 0.717) is 22.6 Å². The van der Waals surface area contributed by atoms with Crippen LogP contribution in [0.4, 0.5) is 0 Å². The number of rotatable bonds is 7. The lowest BCUT2D eigenvalue weighted by Crippen LogP contribution is -2.23. The van der Waals surface area contributed by atoms with E-state index in [1.54, 1.807) is 32.2 Å². The van der Waals surface area contributed by atoms with Crippen LogP contribution in [-0.2, 0) is 10.2 Å². The van der Waals surface area contributed by atoms with Gasteiger partial charge in [0.15, 0.2) is 11.5 Å². The van der Waals surface area contributed by atoms with Crippen LogP contribution in [0.5, 0.6) is 11.5 Å². The van der Waals surface area contributed by atoms with E-state index in [1.807, 2.05) is 45.9 Å². The number of benzene rings is 2. The van der Waals surface area contributed by atoms with Gasteiger partial charge in [-0.3, -0.25) is 0 Å². The molecule has 1 heterocycles. The molecule has 0 fully saturated rings. The number of methoxy groups -OCH3 is 1. The van der Waals surface area contributed by atoms with E-state index in [2.05, 4.69) is 11.1 Å². The number of nitrogens with one attached hydrogen (secondary N) is 1. The molecule has 0 saturated carbocycles. The van der Waals surface area contributed by atoms with Crippen LogP contribution in [0.25, 0.3) is 10.9 Å².